The highest BCUT2D eigenvalue weighted by molar-refractivity contribution is 5.67. The van der Waals surface area contributed by atoms with E-state index in [-0.39, 0.29) is 12.1 Å². The number of carbonyl (C=O) groups excluding carboxylic acids is 1. The van der Waals surface area contributed by atoms with Crippen LogP contribution in [0.25, 0.3) is 0 Å². The molecule has 1 saturated carbocycles. The van der Waals surface area contributed by atoms with Gasteiger partial charge in [-0.1, -0.05) is 19.8 Å². The van der Waals surface area contributed by atoms with Crippen molar-refractivity contribution in [2.45, 2.75) is 45.1 Å². The van der Waals surface area contributed by atoms with Gasteiger partial charge in [-0.15, -0.1) is 0 Å². The van der Waals surface area contributed by atoms with Gasteiger partial charge in [0.2, 0.25) is 0 Å². The van der Waals surface area contributed by atoms with E-state index in [1.54, 1.807) is 0 Å². The van der Waals surface area contributed by atoms with E-state index in [9.17, 15) is 4.79 Å². The summed E-state index contributed by atoms with van der Waals surface area (Å²) in [7, 11) is 1.43. The van der Waals surface area contributed by atoms with Gasteiger partial charge in [-0.2, -0.15) is 0 Å². The Morgan fingerprint density at radius 3 is 2.72 bits per heavy atom. The predicted octanol–water partition coefficient (Wildman–Crippen LogP) is 2.24. The standard InChI is InChI=1S/C14H26N2O2/c1-11-7-13(15-14(17)18-2)10-16(8-11)9-12-5-3-4-6-12/h11-13H,3-10H2,1-2H3,(H,15,17). The van der Waals surface area contributed by atoms with E-state index in [0.717, 1.165) is 18.9 Å². The van der Waals surface area contributed by atoms with E-state index < -0.39 is 0 Å². The second-order valence-electron chi connectivity index (χ2n) is 6.04. The van der Waals surface area contributed by atoms with Gasteiger partial charge in [0.1, 0.15) is 0 Å². The van der Waals surface area contributed by atoms with Crippen molar-refractivity contribution in [2.24, 2.45) is 11.8 Å². The molecular formula is C14H26N2O2. The minimum atomic E-state index is -0.296. The SMILES string of the molecule is COC(=O)NC1CC(C)CN(CC2CCCC2)C1. The van der Waals surface area contributed by atoms with Gasteiger partial charge in [0.05, 0.1) is 7.11 Å². The van der Waals surface area contributed by atoms with Crippen LogP contribution in [0.5, 0.6) is 0 Å². The van der Waals surface area contributed by atoms with Crippen LogP contribution in [0.1, 0.15) is 39.0 Å². The largest absolute Gasteiger partial charge is 0.453 e. The first-order chi connectivity index (χ1) is 8.67. The number of alkyl carbamates (subject to hydrolysis) is 1. The molecule has 2 fully saturated rings. The molecule has 18 heavy (non-hydrogen) atoms. The van der Waals surface area contributed by atoms with Crippen molar-refractivity contribution in [3.05, 3.63) is 0 Å². The fourth-order valence-electron chi connectivity index (χ4n) is 3.50. The van der Waals surface area contributed by atoms with Crippen LogP contribution in [-0.4, -0.2) is 43.8 Å². The van der Waals surface area contributed by atoms with Crippen molar-refractivity contribution >= 4 is 6.09 Å². The Morgan fingerprint density at radius 2 is 2.06 bits per heavy atom. The van der Waals surface area contributed by atoms with Crippen LogP contribution in [0, 0.1) is 11.8 Å². The lowest BCUT2D eigenvalue weighted by Gasteiger charge is -2.37. The fourth-order valence-corrected chi connectivity index (χ4v) is 3.50. The van der Waals surface area contributed by atoms with Gasteiger partial charge in [-0.25, -0.2) is 4.79 Å². The Balaban J connectivity index is 1.81. The molecule has 0 spiro atoms. The van der Waals surface area contributed by atoms with Gasteiger partial charge in [0.25, 0.3) is 0 Å². The first kappa shape index (κ1) is 13.7. The average Bonchev–Trinajstić information content (AvgIpc) is 2.80. The molecule has 104 valence electrons. The normalized spacial score (nSPS) is 30.3. The molecule has 1 amide bonds. The summed E-state index contributed by atoms with van der Waals surface area (Å²) in [6, 6.07) is 0.252. The highest BCUT2D eigenvalue weighted by Gasteiger charge is 2.28. The van der Waals surface area contributed by atoms with E-state index in [0.29, 0.717) is 5.92 Å². The minimum Gasteiger partial charge on any atom is -0.453 e. The van der Waals surface area contributed by atoms with Crippen LogP contribution in [0.2, 0.25) is 0 Å². The molecule has 0 aromatic rings. The molecule has 0 bridgehead atoms. The van der Waals surface area contributed by atoms with Crippen LogP contribution in [0.3, 0.4) is 0 Å². The lowest BCUT2D eigenvalue weighted by atomic mass is 9.94. The Hall–Kier alpha value is -0.770. The highest BCUT2D eigenvalue weighted by atomic mass is 16.5. The van der Waals surface area contributed by atoms with Crippen LogP contribution in [0.15, 0.2) is 0 Å². The molecule has 0 aromatic carbocycles. The van der Waals surface area contributed by atoms with E-state index >= 15 is 0 Å². The van der Waals surface area contributed by atoms with Gasteiger partial charge < -0.3 is 15.0 Å². The maximum Gasteiger partial charge on any atom is 0.407 e. The Bertz CT molecular complexity index is 277. The number of amides is 1. The maximum absolute atomic E-state index is 11.3. The molecule has 2 rings (SSSR count). The summed E-state index contributed by atoms with van der Waals surface area (Å²) >= 11 is 0. The fraction of sp³-hybridized carbons (Fsp3) is 0.929. The predicted molar refractivity (Wildman–Crippen MR) is 71.5 cm³/mol. The van der Waals surface area contributed by atoms with Gasteiger partial charge in [0.15, 0.2) is 0 Å². The van der Waals surface area contributed by atoms with Crippen LogP contribution in [0.4, 0.5) is 4.79 Å². The summed E-state index contributed by atoms with van der Waals surface area (Å²) < 4.78 is 4.69. The summed E-state index contributed by atoms with van der Waals surface area (Å²) in [4.78, 5) is 13.8. The molecule has 0 radical (unpaired) electrons. The highest BCUT2D eigenvalue weighted by Crippen LogP contribution is 2.27. The second-order valence-corrected chi connectivity index (χ2v) is 6.04. The van der Waals surface area contributed by atoms with Crippen molar-refractivity contribution in [1.29, 1.82) is 0 Å². The number of hydrogen-bond acceptors (Lipinski definition) is 3. The van der Waals surface area contributed by atoms with Crippen LogP contribution < -0.4 is 5.32 Å². The third-order valence-corrected chi connectivity index (χ3v) is 4.23. The molecule has 0 aromatic heterocycles. The number of hydrogen-bond donors (Lipinski definition) is 1. The smallest absolute Gasteiger partial charge is 0.407 e. The number of ether oxygens (including phenoxy) is 1. The first-order valence-corrected chi connectivity index (χ1v) is 7.24. The Labute approximate surface area is 110 Å². The quantitative estimate of drug-likeness (QED) is 0.840. The molecule has 2 aliphatic rings. The topological polar surface area (TPSA) is 41.6 Å². The zero-order valence-corrected chi connectivity index (χ0v) is 11.7. The summed E-state index contributed by atoms with van der Waals surface area (Å²) in [5.41, 5.74) is 0. The minimum absolute atomic E-state index is 0.252. The van der Waals surface area contributed by atoms with Crippen LogP contribution >= 0.6 is 0 Å². The number of methoxy groups -OCH3 is 1. The first-order valence-electron chi connectivity index (χ1n) is 7.24. The van der Waals surface area contributed by atoms with Crippen molar-refractivity contribution in [3.63, 3.8) is 0 Å². The zero-order chi connectivity index (χ0) is 13.0. The molecule has 2 atom stereocenters. The number of likely N-dealkylation sites (tertiary alicyclic amines) is 1. The number of piperidine rings is 1. The maximum atomic E-state index is 11.3. The molecule has 1 saturated heterocycles. The van der Waals surface area contributed by atoms with Crippen molar-refractivity contribution in [1.82, 2.24) is 10.2 Å². The lowest BCUT2D eigenvalue weighted by molar-refractivity contribution is 0.118. The van der Waals surface area contributed by atoms with Crippen LogP contribution in [-0.2, 0) is 4.74 Å². The van der Waals surface area contributed by atoms with E-state index in [2.05, 4.69) is 21.9 Å². The summed E-state index contributed by atoms with van der Waals surface area (Å²) in [6.07, 6.45) is 6.35. The van der Waals surface area contributed by atoms with Crippen molar-refractivity contribution in [2.75, 3.05) is 26.7 Å². The van der Waals surface area contributed by atoms with Gasteiger partial charge >= 0.3 is 6.09 Å². The van der Waals surface area contributed by atoms with Crippen molar-refractivity contribution < 1.29 is 9.53 Å². The summed E-state index contributed by atoms with van der Waals surface area (Å²) in [5, 5.41) is 2.95. The molecule has 2 unspecified atom stereocenters. The van der Waals surface area contributed by atoms with Gasteiger partial charge in [-0.3, -0.25) is 0 Å². The Kier molecular flexibility index (Phi) is 4.87. The number of nitrogens with zero attached hydrogens (tertiary/aromatic N) is 1. The number of rotatable bonds is 3. The Morgan fingerprint density at radius 1 is 1.33 bits per heavy atom. The van der Waals surface area contributed by atoms with Gasteiger partial charge in [0, 0.05) is 25.7 Å². The lowest BCUT2D eigenvalue weighted by Crippen LogP contribution is -2.51. The second kappa shape index (κ2) is 6.41. The van der Waals surface area contributed by atoms with E-state index in [4.69, 9.17) is 0 Å². The zero-order valence-electron chi connectivity index (χ0n) is 11.7. The molecule has 4 nitrogen and oxygen atoms in total. The van der Waals surface area contributed by atoms with Crippen molar-refractivity contribution in [3.8, 4) is 0 Å². The third kappa shape index (κ3) is 3.87. The average molecular weight is 254 g/mol. The summed E-state index contributed by atoms with van der Waals surface area (Å²) in [6.45, 7) is 5.64. The molecule has 1 N–H and O–H groups in total. The molecule has 1 heterocycles. The molecular weight excluding hydrogens is 228 g/mol. The third-order valence-electron chi connectivity index (χ3n) is 4.23. The monoisotopic (exact) mass is 254 g/mol. The number of carbonyl (C=O) groups is 1. The van der Waals surface area contributed by atoms with E-state index in [1.807, 2.05) is 0 Å². The van der Waals surface area contributed by atoms with E-state index in [1.165, 1.54) is 45.9 Å². The number of nitrogens with one attached hydrogen (secondary N) is 1. The molecule has 1 aliphatic carbocycles. The molecule has 1 aliphatic heterocycles. The van der Waals surface area contributed by atoms with Gasteiger partial charge in [-0.05, 0) is 31.1 Å². The summed E-state index contributed by atoms with van der Waals surface area (Å²) in [5.74, 6) is 1.54. The molecule has 4 heteroatoms.